The fourth-order valence-corrected chi connectivity index (χ4v) is 3.75. The normalized spacial score (nSPS) is 18.2. The zero-order chi connectivity index (χ0) is 19.8. The summed E-state index contributed by atoms with van der Waals surface area (Å²) in [7, 11) is 0. The van der Waals surface area contributed by atoms with Crippen LogP contribution < -0.4 is 10.4 Å². The number of benzene rings is 2. The number of aromatic nitrogens is 3. The molecular formula is C19H17ClF3N5. The lowest BCUT2D eigenvalue weighted by Crippen LogP contribution is -2.45. The van der Waals surface area contributed by atoms with Gasteiger partial charge in [0.2, 0.25) is 0 Å². The predicted molar refractivity (Wildman–Crippen MR) is 99.5 cm³/mol. The molecule has 0 saturated heterocycles. The Bertz CT molecular complexity index is 982. The Labute approximate surface area is 164 Å². The number of nitrogens with zero attached hydrogens (tertiary/aromatic N) is 4. The third-order valence-corrected chi connectivity index (χ3v) is 5.21. The molecule has 1 N–H and O–H groups in total. The molecule has 146 valence electrons. The molecule has 0 saturated carbocycles. The van der Waals surface area contributed by atoms with Gasteiger partial charge in [-0.25, -0.2) is 18.2 Å². The van der Waals surface area contributed by atoms with Crippen molar-refractivity contribution in [1.29, 1.82) is 0 Å². The average molecular weight is 408 g/mol. The highest BCUT2D eigenvalue weighted by atomic mass is 35.5. The van der Waals surface area contributed by atoms with Crippen LogP contribution in [0.4, 0.5) is 18.9 Å². The van der Waals surface area contributed by atoms with Gasteiger partial charge in [0.25, 0.3) is 0 Å². The van der Waals surface area contributed by atoms with Crippen LogP contribution in [0.2, 0.25) is 5.02 Å². The van der Waals surface area contributed by atoms with Gasteiger partial charge >= 0.3 is 0 Å². The number of nitrogens with one attached hydrogen (secondary N) is 1. The van der Waals surface area contributed by atoms with Crippen molar-refractivity contribution in [3.05, 3.63) is 76.8 Å². The van der Waals surface area contributed by atoms with Crippen LogP contribution in [0.5, 0.6) is 0 Å². The van der Waals surface area contributed by atoms with E-state index in [0.717, 1.165) is 6.07 Å². The van der Waals surface area contributed by atoms with Gasteiger partial charge in [0.05, 0.1) is 18.3 Å². The van der Waals surface area contributed by atoms with Crippen molar-refractivity contribution in [3.63, 3.8) is 0 Å². The zero-order valence-corrected chi connectivity index (χ0v) is 15.6. The minimum atomic E-state index is -1.43. The van der Waals surface area contributed by atoms with Crippen LogP contribution in [0.15, 0.2) is 49.1 Å². The van der Waals surface area contributed by atoms with E-state index in [1.54, 1.807) is 27.9 Å². The van der Waals surface area contributed by atoms with Crippen molar-refractivity contribution >= 4 is 17.3 Å². The molecule has 1 aliphatic heterocycles. The van der Waals surface area contributed by atoms with Gasteiger partial charge in [0.15, 0.2) is 6.30 Å². The first-order valence-electron chi connectivity index (χ1n) is 8.70. The maximum Gasteiger partial charge on any atom is 0.195 e. The molecule has 1 unspecified atom stereocenters. The molecule has 0 radical (unpaired) electrons. The molecule has 9 heteroatoms. The lowest BCUT2D eigenvalue weighted by molar-refractivity contribution is 0.276. The smallest absolute Gasteiger partial charge is 0.195 e. The van der Waals surface area contributed by atoms with Gasteiger partial charge in [-0.2, -0.15) is 10.5 Å². The molecule has 2 aromatic carbocycles. The molecule has 1 aromatic heterocycles. The third kappa shape index (κ3) is 3.45. The molecule has 4 rings (SSSR count). The van der Waals surface area contributed by atoms with Crippen molar-refractivity contribution in [3.8, 4) is 0 Å². The van der Waals surface area contributed by atoms with Crippen LogP contribution in [-0.2, 0) is 6.54 Å². The number of halogens is 4. The Balaban J connectivity index is 1.72. The second-order valence-corrected chi connectivity index (χ2v) is 7.13. The summed E-state index contributed by atoms with van der Waals surface area (Å²) in [4.78, 5) is 3.91. The SMILES string of the molecule is C[C@H]([C@@H](Cn1cncn1)c1ccc(F)cc1F)N1NC(F)c2cc(Cl)ccc21. The summed E-state index contributed by atoms with van der Waals surface area (Å²) in [6, 6.07) is 8.02. The first kappa shape index (κ1) is 18.8. The Morgan fingerprint density at radius 3 is 2.75 bits per heavy atom. The monoisotopic (exact) mass is 407 g/mol. The van der Waals surface area contributed by atoms with E-state index in [2.05, 4.69) is 15.5 Å². The quantitative estimate of drug-likeness (QED) is 0.638. The van der Waals surface area contributed by atoms with Gasteiger partial charge in [-0.15, -0.1) is 0 Å². The molecule has 3 aromatic rings. The molecule has 0 aliphatic carbocycles. The Hall–Kier alpha value is -2.58. The van der Waals surface area contributed by atoms with E-state index in [1.807, 2.05) is 6.92 Å². The number of anilines is 1. The maximum absolute atomic E-state index is 14.6. The van der Waals surface area contributed by atoms with E-state index in [4.69, 9.17) is 11.6 Å². The minimum Gasteiger partial charge on any atom is -0.302 e. The van der Waals surface area contributed by atoms with E-state index in [0.29, 0.717) is 21.8 Å². The van der Waals surface area contributed by atoms with Gasteiger partial charge in [-0.3, -0.25) is 4.68 Å². The minimum absolute atomic E-state index is 0.280. The van der Waals surface area contributed by atoms with E-state index in [9.17, 15) is 13.2 Å². The Morgan fingerprint density at radius 1 is 1.21 bits per heavy atom. The molecule has 28 heavy (non-hydrogen) atoms. The summed E-state index contributed by atoms with van der Waals surface area (Å²) in [6.07, 6.45) is 1.47. The van der Waals surface area contributed by atoms with Crippen LogP contribution >= 0.6 is 11.6 Å². The molecule has 0 amide bonds. The molecule has 2 heterocycles. The van der Waals surface area contributed by atoms with Gasteiger partial charge in [-0.05, 0) is 36.8 Å². The molecule has 0 bridgehead atoms. The summed E-state index contributed by atoms with van der Waals surface area (Å²) < 4.78 is 44.1. The van der Waals surface area contributed by atoms with Crippen molar-refractivity contribution < 1.29 is 13.2 Å². The van der Waals surface area contributed by atoms with E-state index in [-0.39, 0.29) is 6.54 Å². The number of fused-ring (bicyclic) bond motifs is 1. The summed E-state index contributed by atoms with van der Waals surface area (Å²) in [5.74, 6) is -1.79. The topological polar surface area (TPSA) is 46.0 Å². The van der Waals surface area contributed by atoms with Gasteiger partial charge < -0.3 is 5.01 Å². The second-order valence-electron chi connectivity index (χ2n) is 6.70. The van der Waals surface area contributed by atoms with Crippen molar-refractivity contribution in [2.75, 3.05) is 5.01 Å². The molecule has 0 fully saturated rings. The maximum atomic E-state index is 14.6. The first-order valence-corrected chi connectivity index (χ1v) is 9.08. The molecule has 1 aliphatic rings. The summed E-state index contributed by atoms with van der Waals surface area (Å²) in [6.45, 7) is 2.12. The Morgan fingerprint density at radius 2 is 2.04 bits per heavy atom. The van der Waals surface area contributed by atoms with Gasteiger partial charge in [0.1, 0.15) is 24.3 Å². The fraction of sp³-hybridized carbons (Fsp3) is 0.263. The van der Waals surface area contributed by atoms with Gasteiger partial charge in [0, 0.05) is 22.6 Å². The van der Waals surface area contributed by atoms with E-state index in [1.165, 1.54) is 24.8 Å². The largest absolute Gasteiger partial charge is 0.302 e. The molecule has 5 nitrogen and oxygen atoms in total. The van der Waals surface area contributed by atoms with Crippen molar-refractivity contribution in [2.45, 2.75) is 31.7 Å². The number of hydrogen-bond donors (Lipinski definition) is 1. The highest BCUT2D eigenvalue weighted by molar-refractivity contribution is 6.30. The van der Waals surface area contributed by atoms with E-state index < -0.39 is 29.9 Å². The highest BCUT2D eigenvalue weighted by Gasteiger charge is 2.36. The van der Waals surface area contributed by atoms with E-state index >= 15 is 0 Å². The standard InChI is InChI=1S/C19H17ClF3N5/c1-11(28-18-5-2-12(20)6-15(18)19(23)26-28)16(8-27-10-24-9-25-27)14-4-3-13(21)7-17(14)22/h2-7,9-11,16,19,26H,8H2,1H3/t11-,16-,19?/m1/s1. The second kappa shape index (κ2) is 7.44. The lowest BCUT2D eigenvalue weighted by atomic mass is 9.91. The van der Waals surface area contributed by atoms with Crippen molar-refractivity contribution in [2.24, 2.45) is 0 Å². The van der Waals surface area contributed by atoms with Gasteiger partial charge in [-0.1, -0.05) is 17.7 Å². The highest BCUT2D eigenvalue weighted by Crippen LogP contribution is 2.39. The fourth-order valence-electron chi connectivity index (χ4n) is 3.57. The number of hydrazine groups is 1. The molecule has 0 spiro atoms. The number of alkyl halides is 1. The number of rotatable bonds is 5. The summed E-state index contributed by atoms with van der Waals surface area (Å²) in [5, 5.41) is 6.17. The van der Waals surface area contributed by atoms with Crippen molar-refractivity contribution in [1.82, 2.24) is 20.2 Å². The third-order valence-electron chi connectivity index (χ3n) is 4.98. The molecule has 3 atom stereocenters. The summed E-state index contributed by atoms with van der Waals surface area (Å²) >= 11 is 5.99. The summed E-state index contributed by atoms with van der Waals surface area (Å²) in [5.41, 5.74) is 4.12. The van der Waals surface area contributed by atoms with Crippen LogP contribution in [0, 0.1) is 11.6 Å². The first-order chi connectivity index (χ1) is 13.4. The molecular weight excluding hydrogens is 391 g/mol. The average Bonchev–Trinajstić information content (AvgIpc) is 3.28. The Kier molecular flexibility index (Phi) is 4.99. The number of hydrogen-bond acceptors (Lipinski definition) is 4. The predicted octanol–water partition coefficient (Wildman–Crippen LogP) is 4.37. The van der Waals surface area contributed by atoms with Crippen LogP contribution in [0.3, 0.4) is 0 Å². The zero-order valence-electron chi connectivity index (χ0n) is 14.9. The van der Waals surface area contributed by atoms with Crippen LogP contribution in [-0.4, -0.2) is 20.8 Å². The van der Waals surface area contributed by atoms with Crippen LogP contribution in [0.25, 0.3) is 0 Å². The van der Waals surface area contributed by atoms with Crippen LogP contribution in [0.1, 0.15) is 30.3 Å². The lowest BCUT2D eigenvalue weighted by Gasteiger charge is -2.34.